The number of rotatable bonds is 56. The van der Waals surface area contributed by atoms with Crippen molar-refractivity contribution in [2.45, 2.75) is 256 Å². The van der Waals surface area contributed by atoms with Crippen LogP contribution in [0.4, 0.5) is 0 Å². The molecule has 0 aliphatic heterocycles. The highest BCUT2D eigenvalue weighted by atomic mass is 32.2. The zero-order chi connectivity index (χ0) is 90.0. The summed E-state index contributed by atoms with van der Waals surface area (Å²) in [5.41, 5.74) is 29.5. The van der Waals surface area contributed by atoms with E-state index in [1.54, 1.807) is 108 Å². The third-order valence-electron chi connectivity index (χ3n) is 19.5. The third kappa shape index (κ3) is 36.6. The number of primary amides is 2. The molecule has 0 aliphatic rings. The minimum Gasteiger partial charge on any atom is -0.480 e. The van der Waals surface area contributed by atoms with E-state index in [4.69, 9.17) is 28.7 Å². The van der Waals surface area contributed by atoms with Crippen LogP contribution in [0, 0.1) is 17.8 Å². The molecule has 0 unspecified atom stereocenters. The highest BCUT2D eigenvalue weighted by Gasteiger charge is 2.40. The number of aliphatic hydroxyl groups is 1. The molecular weight excluding hydrogens is 1580 g/mol. The van der Waals surface area contributed by atoms with Crippen molar-refractivity contribution in [2.24, 2.45) is 46.4 Å². The van der Waals surface area contributed by atoms with E-state index in [1.807, 2.05) is 0 Å². The molecule has 3 rings (SSSR count). The van der Waals surface area contributed by atoms with Crippen LogP contribution in [0.1, 0.15) is 157 Å². The largest absolute Gasteiger partial charge is 0.480 e. The summed E-state index contributed by atoms with van der Waals surface area (Å²) in [6, 6.07) is -4.90. The number of unbranched alkanes of at least 4 members (excludes halogenated alkanes) is 2. The molecule has 0 saturated carbocycles. The molecule has 1 aromatic heterocycles. The molecule has 0 saturated heterocycles. The number of nitrogens with one attached hydrogen (secondary N) is 15. The van der Waals surface area contributed by atoms with Gasteiger partial charge in [0.15, 0.2) is 0 Å². The number of hydrogen-bond acceptors (Lipinski definition) is 23. The SMILES string of the molecule is CC[C@H](C)[C@H](NC(=O)[C@H](Cc1ccccc1)NC(=O)[C@@H](NC(=O)[C@H](C)NC(=O)[C@H](CCSC)NC(=O)[C@H](CCC(N)=O)NC(=O)[C@@H](NC(=O)[C@H](C)NC(=O)[C@@H](N)[C@@H](C)O)C(C)C)C(C)C)C(=O)N[C@@H](Cc1cnc[nH]1)C(=O)N[C@@H](CC(N)=O)C(=O)N[C@@H](Cc1ccccc1)C(=O)N[C@@H](CCCCN)C(=O)N[C@@H](C)C(=O)N[C@@H](CCCCN)C(=O)O. The Morgan fingerprint density at radius 2 is 0.775 bits per heavy atom. The van der Waals surface area contributed by atoms with Crippen molar-refractivity contribution < 1.29 is 91.7 Å². The Balaban J connectivity index is 1.95. The standard InChI is InChI=1S/C79H125N21O19S/c1-12-43(6)64(78(117)97-57(37-50-39-85-40-86-50)72(111)95-58(38-60(83)103)73(112)94-55(35-48-23-15-13-16-24-48)71(110)90-51(27-19-21-32-80)68(107)87-44(7)65(104)93-54(79(118)119)28-20-22-33-81)100-74(113)56(36-49-25-17-14-18-26-49)96-77(116)63(42(4)5)99-66(105)45(8)88-69(108)53(31-34-120-11)91-70(109)52(29-30-59(82)102)92-76(115)62(41(2)3)98-67(106)46(9)89-75(114)61(84)47(10)101/h13-18,23-26,39-47,51-58,61-64,101H,12,19-22,27-38,80-81,84H2,1-11H3,(H2,82,102)(H2,83,103)(H,85,86)(H,87,107)(H,88,108)(H,89,114)(H,90,110)(H,91,109)(H,92,115)(H,93,104)(H,94,112)(H,95,111)(H,96,116)(H,97,117)(H,98,106)(H,99,105)(H,100,113)(H,118,119)/t43-,44-,45-,46-,47+,51-,52-,53-,54-,55-,56-,57-,58-,61-,62-,63-,64-/m0/s1. The van der Waals surface area contributed by atoms with Gasteiger partial charge in [0.1, 0.15) is 90.6 Å². The van der Waals surface area contributed by atoms with Gasteiger partial charge in [-0.3, -0.25) is 76.7 Å². The Labute approximate surface area is 702 Å². The van der Waals surface area contributed by atoms with Gasteiger partial charge in [-0.2, -0.15) is 11.8 Å². The number of nitrogens with two attached hydrogens (primary N) is 5. The zero-order valence-corrected chi connectivity index (χ0v) is 70.8. The van der Waals surface area contributed by atoms with E-state index in [2.05, 4.69) is 84.4 Å². The number of aromatic amines is 1. The first kappa shape index (κ1) is 103. The van der Waals surface area contributed by atoms with Crippen LogP contribution in [0.15, 0.2) is 73.2 Å². The van der Waals surface area contributed by atoms with Gasteiger partial charge in [0, 0.05) is 37.6 Å². The lowest BCUT2D eigenvalue weighted by atomic mass is 9.96. The number of nitrogens with zero attached hydrogens (tertiary/aromatic N) is 1. The number of carboxylic acid groups (broad SMARTS) is 1. The van der Waals surface area contributed by atoms with Crippen LogP contribution in [-0.4, -0.2) is 242 Å². The van der Waals surface area contributed by atoms with Gasteiger partial charge in [-0.15, -0.1) is 0 Å². The van der Waals surface area contributed by atoms with Crippen LogP contribution in [0.5, 0.6) is 0 Å². The summed E-state index contributed by atoms with van der Waals surface area (Å²) in [6.45, 7) is 15.4. The molecule has 3 aromatic rings. The second kappa shape index (κ2) is 53.4. The predicted octanol–water partition coefficient (Wildman–Crippen LogP) is -4.41. The van der Waals surface area contributed by atoms with Crippen LogP contribution in [0.25, 0.3) is 0 Å². The Morgan fingerprint density at radius 1 is 0.417 bits per heavy atom. The van der Waals surface area contributed by atoms with Crippen LogP contribution in [0.2, 0.25) is 0 Å². The summed E-state index contributed by atoms with van der Waals surface area (Å²) in [4.78, 5) is 242. The fourth-order valence-electron chi connectivity index (χ4n) is 12.0. The van der Waals surface area contributed by atoms with Gasteiger partial charge < -0.3 is 118 Å². The molecule has 0 radical (unpaired) electrons. The number of imidazole rings is 1. The number of carbonyl (C=O) groups is 17. The number of benzene rings is 2. The molecule has 40 nitrogen and oxygen atoms in total. The van der Waals surface area contributed by atoms with Gasteiger partial charge in [0.2, 0.25) is 94.5 Å². The van der Waals surface area contributed by atoms with Crippen LogP contribution in [0.3, 0.4) is 0 Å². The monoisotopic (exact) mass is 1700 g/mol. The first-order chi connectivity index (χ1) is 56.7. The quantitative estimate of drug-likeness (QED) is 0.0237. The average molecular weight is 1710 g/mol. The number of thioether (sulfide) groups is 1. The molecule has 666 valence electrons. The molecule has 120 heavy (non-hydrogen) atoms. The maximum atomic E-state index is 15.0. The van der Waals surface area contributed by atoms with Gasteiger partial charge in [0.25, 0.3) is 0 Å². The molecule has 16 amide bonds. The summed E-state index contributed by atoms with van der Waals surface area (Å²) in [5, 5.41) is 55.5. The second-order valence-corrected chi connectivity index (χ2v) is 31.3. The highest BCUT2D eigenvalue weighted by Crippen LogP contribution is 2.16. The third-order valence-corrected chi connectivity index (χ3v) is 20.2. The maximum Gasteiger partial charge on any atom is 0.326 e. The van der Waals surface area contributed by atoms with E-state index >= 15 is 0 Å². The molecule has 1 heterocycles. The molecule has 2 aromatic carbocycles. The van der Waals surface area contributed by atoms with Crippen molar-refractivity contribution in [3.05, 3.63) is 90.0 Å². The Bertz CT molecular complexity index is 3880. The van der Waals surface area contributed by atoms with Crippen molar-refractivity contribution in [3.63, 3.8) is 0 Å². The number of carboxylic acids is 1. The van der Waals surface area contributed by atoms with E-state index in [-0.39, 0.29) is 69.4 Å². The molecule has 41 heteroatoms. The summed E-state index contributed by atoms with van der Waals surface area (Å²) in [7, 11) is 0. The van der Waals surface area contributed by atoms with E-state index < -0.39 is 228 Å². The number of H-pyrrole nitrogens is 1. The molecule has 0 fully saturated rings. The van der Waals surface area contributed by atoms with E-state index in [1.165, 1.54) is 52.0 Å². The van der Waals surface area contributed by atoms with Crippen molar-refractivity contribution in [1.82, 2.24) is 84.4 Å². The van der Waals surface area contributed by atoms with Crippen molar-refractivity contribution in [3.8, 4) is 0 Å². The Hall–Kier alpha value is -11.2. The first-order valence-corrected chi connectivity index (χ1v) is 41.5. The van der Waals surface area contributed by atoms with Crippen LogP contribution >= 0.6 is 11.8 Å². The summed E-state index contributed by atoms with van der Waals surface area (Å²) < 4.78 is 0. The first-order valence-electron chi connectivity index (χ1n) is 40.1. The molecule has 0 spiro atoms. The Morgan fingerprint density at radius 3 is 1.19 bits per heavy atom. The minimum atomic E-state index is -1.85. The van der Waals surface area contributed by atoms with E-state index in [0.717, 1.165) is 0 Å². The van der Waals surface area contributed by atoms with Crippen LogP contribution in [-0.2, 0) is 101 Å². The number of aromatic nitrogens is 2. The van der Waals surface area contributed by atoms with Crippen molar-refractivity contribution in [2.75, 3.05) is 25.1 Å². The minimum absolute atomic E-state index is 0.0196. The van der Waals surface area contributed by atoms with Gasteiger partial charge in [-0.1, -0.05) is 109 Å². The average Bonchev–Trinajstić information content (AvgIpc) is 0.901. The molecule has 17 atom stereocenters. The number of aliphatic hydroxyl groups excluding tert-OH is 1. The lowest BCUT2D eigenvalue weighted by molar-refractivity contribution is -0.142. The van der Waals surface area contributed by atoms with E-state index in [0.29, 0.717) is 43.4 Å². The Kier molecular flexibility index (Phi) is 45.8. The van der Waals surface area contributed by atoms with Crippen LogP contribution < -0.4 is 103 Å². The lowest BCUT2D eigenvalue weighted by Gasteiger charge is -2.30. The number of hydrogen-bond donors (Lipinski definition) is 22. The predicted molar refractivity (Wildman–Crippen MR) is 444 cm³/mol. The smallest absolute Gasteiger partial charge is 0.326 e. The molecule has 0 bridgehead atoms. The fourth-order valence-corrected chi connectivity index (χ4v) is 12.5. The molecule has 27 N–H and O–H groups in total. The summed E-state index contributed by atoms with van der Waals surface area (Å²) >= 11 is 1.31. The normalized spacial score (nSPS) is 15.5. The van der Waals surface area contributed by atoms with Gasteiger partial charge in [-0.25, -0.2) is 9.78 Å². The van der Waals surface area contributed by atoms with Crippen molar-refractivity contribution in [1.29, 1.82) is 0 Å². The van der Waals surface area contributed by atoms with Crippen molar-refractivity contribution >= 4 is 112 Å². The summed E-state index contributed by atoms with van der Waals surface area (Å²) in [5.74, 6) is -17.8. The second-order valence-electron chi connectivity index (χ2n) is 30.3. The maximum absolute atomic E-state index is 15.0. The number of aliphatic carboxylic acids is 1. The fraction of sp³-hybridized carbons (Fsp3) is 0.595. The van der Waals surface area contributed by atoms with E-state index in [9.17, 15) is 91.7 Å². The number of carbonyl (C=O) groups excluding carboxylic acids is 16. The molecule has 0 aliphatic carbocycles. The zero-order valence-electron chi connectivity index (χ0n) is 70.0. The molecular formula is C79H125N21O19S. The lowest BCUT2D eigenvalue weighted by Crippen LogP contribution is -2.62. The van der Waals surface area contributed by atoms with Gasteiger partial charge in [0.05, 0.1) is 18.9 Å². The van der Waals surface area contributed by atoms with Gasteiger partial charge in [-0.05, 0) is 133 Å². The summed E-state index contributed by atoms with van der Waals surface area (Å²) in [6.07, 6.45) is 2.55. The number of amides is 16. The highest BCUT2D eigenvalue weighted by molar-refractivity contribution is 7.98. The topological polar surface area (TPSA) is 658 Å². The van der Waals surface area contributed by atoms with Gasteiger partial charge >= 0.3 is 5.97 Å².